The van der Waals surface area contributed by atoms with Gasteiger partial charge in [0.15, 0.2) is 11.3 Å². The van der Waals surface area contributed by atoms with Gasteiger partial charge in [0.25, 0.3) is 5.56 Å². The quantitative estimate of drug-likeness (QED) is 0.411. The van der Waals surface area contributed by atoms with Crippen LogP contribution in [0.15, 0.2) is 72.3 Å². The van der Waals surface area contributed by atoms with Crippen molar-refractivity contribution in [2.45, 2.75) is 23.3 Å². The SMILES string of the molecule is Cc1nn(C)c2c1c1oc(=O)c(Sc3cccc(F)c3)c(O)c1c(=O)n2Cc1ccc(F)cc1. The number of aromatic hydroxyl groups is 1. The average molecular weight is 481 g/mol. The Hall–Kier alpha value is -3.92. The molecule has 1 N–H and O–H groups in total. The highest BCUT2D eigenvalue weighted by atomic mass is 32.2. The fourth-order valence-corrected chi connectivity index (χ4v) is 4.87. The van der Waals surface area contributed by atoms with Crippen LogP contribution >= 0.6 is 11.8 Å². The van der Waals surface area contributed by atoms with Crippen molar-refractivity contribution >= 4 is 33.8 Å². The zero-order valence-corrected chi connectivity index (χ0v) is 18.8. The molecular weight excluding hydrogens is 464 g/mol. The van der Waals surface area contributed by atoms with Gasteiger partial charge < -0.3 is 9.52 Å². The number of pyridine rings is 1. The molecule has 3 heterocycles. The molecule has 0 radical (unpaired) electrons. The standard InChI is InChI=1S/C24H17F2N3O4S/c1-12-17-20-18(19(30)21(24(32)33-20)34-16-5-3-4-15(26)10-16)23(31)29(22(17)28(2)27-12)11-13-6-8-14(25)9-7-13/h3-10,30H,11H2,1-2H3. The molecule has 2 aromatic carbocycles. The molecule has 0 aliphatic carbocycles. The number of rotatable bonds is 4. The van der Waals surface area contributed by atoms with E-state index >= 15 is 0 Å². The fourth-order valence-electron chi connectivity index (χ4n) is 3.99. The number of fused-ring (bicyclic) bond motifs is 3. The van der Waals surface area contributed by atoms with E-state index in [0.717, 1.165) is 11.8 Å². The number of hydrogen-bond acceptors (Lipinski definition) is 6. The second-order valence-corrected chi connectivity index (χ2v) is 8.84. The third-order valence-corrected chi connectivity index (χ3v) is 6.52. The molecule has 7 nitrogen and oxygen atoms in total. The number of nitrogens with zero attached hydrogens (tertiary/aromatic N) is 3. The van der Waals surface area contributed by atoms with E-state index in [1.165, 1.54) is 39.6 Å². The fraction of sp³-hybridized carbons (Fsp3) is 0.125. The summed E-state index contributed by atoms with van der Waals surface area (Å²) < 4.78 is 35.4. The molecular formula is C24H17F2N3O4S. The van der Waals surface area contributed by atoms with Crippen LogP contribution in [0.3, 0.4) is 0 Å². The Labute approximate surface area is 194 Å². The Balaban J connectivity index is 1.81. The van der Waals surface area contributed by atoms with E-state index in [0.29, 0.717) is 27.2 Å². The predicted molar refractivity (Wildman–Crippen MR) is 123 cm³/mol. The van der Waals surface area contributed by atoms with Crippen molar-refractivity contribution in [3.05, 3.63) is 92.2 Å². The highest BCUT2D eigenvalue weighted by Gasteiger charge is 2.25. The van der Waals surface area contributed by atoms with E-state index in [-0.39, 0.29) is 22.4 Å². The number of benzene rings is 2. The summed E-state index contributed by atoms with van der Waals surface area (Å²) in [4.78, 5) is 26.6. The molecule has 0 atom stereocenters. The summed E-state index contributed by atoms with van der Waals surface area (Å²) in [5.74, 6) is -1.47. The molecule has 10 heteroatoms. The molecule has 0 amide bonds. The second kappa shape index (κ2) is 8.14. The van der Waals surface area contributed by atoms with Gasteiger partial charge in [-0.3, -0.25) is 14.0 Å². The van der Waals surface area contributed by atoms with E-state index < -0.39 is 28.6 Å². The average Bonchev–Trinajstić information content (AvgIpc) is 3.09. The van der Waals surface area contributed by atoms with Crippen LogP contribution < -0.4 is 11.2 Å². The molecule has 172 valence electrons. The molecule has 0 unspecified atom stereocenters. The Morgan fingerprint density at radius 1 is 1.06 bits per heavy atom. The summed E-state index contributed by atoms with van der Waals surface area (Å²) in [7, 11) is 1.65. The first-order valence-electron chi connectivity index (χ1n) is 10.2. The number of halogens is 2. The topological polar surface area (TPSA) is 90.3 Å². The third-order valence-electron chi connectivity index (χ3n) is 5.46. The number of aromatic nitrogens is 3. The largest absolute Gasteiger partial charge is 0.505 e. The van der Waals surface area contributed by atoms with Gasteiger partial charge in [-0.2, -0.15) is 5.10 Å². The molecule has 5 rings (SSSR count). The van der Waals surface area contributed by atoms with Gasteiger partial charge in [-0.25, -0.2) is 13.6 Å². The number of hydrogen-bond donors (Lipinski definition) is 1. The zero-order valence-electron chi connectivity index (χ0n) is 18.0. The lowest BCUT2D eigenvalue weighted by Crippen LogP contribution is -2.24. The smallest absolute Gasteiger partial charge is 0.354 e. The van der Waals surface area contributed by atoms with E-state index in [2.05, 4.69) is 5.10 Å². The van der Waals surface area contributed by atoms with Crippen molar-refractivity contribution in [2.75, 3.05) is 0 Å². The van der Waals surface area contributed by atoms with Crippen LogP contribution in [0.4, 0.5) is 8.78 Å². The van der Waals surface area contributed by atoms with Crippen LogP contribution in [0.1, 0.15) is 11.3 Å². The Kier molecular flexibility index (Phi) is 5.24. The van der Waals surface area contributed by atoms with Gasteiger partial charge in [0, 0.05) is 11.9 Å². The van der Waals surface area contributed by atoms with Crippen LogP contribution in [0.25, 0.3) is 22.0 Å². The van der Waals surface area contributed by atoms with Gasteiger partial charge >= 0.3 is 5.63 Å². The minimum Gasteiger partial charge on any atom is -0.505 e. The van der Waals surface area contributed by atoms with Gasteiger partial charge in [-0.15, -0.1) is 0 Å². The Bertz CT molecular complexity index is 1710. The first kappa shape index (κ1) is 21.9. The second-order valence-electron chi connectivity index (χ2n) is 7.76. The van der Waals surface area contributed by atoms with Crippen molar-refractivity contribution in [1.82, 2.24) is 14.3 Å². The van der Waals surface area contributed by atoms with Crippen molar-refractivity contribution in [3.8, 4) is 5.75 Å². The lowest BCUT2D eigenvalue weighted by Gasteiger charge is -2.13. The molecule has 0 saturated heterocycles. The molecule has 3 aromatic heterocycles. The lowest BCUT2D eigenvalue weighted by molar-refractivity contribution is 0.446. The molecule has 0 spiro atoms. The highest BCUT2D eigenvalue weighted by molar-refractivity contribution is 7.99. The Morgan fingerprint density at radius 3 is 2.50 bits per heavy atom. The monoisotopic (exact) mass is 481 g/mol. The van der Waals surface area contributed by atoms with E-state index in [1.807, 2.05) is 0 Å². The first-order chi connectivity index (χ1) is 16.2. The molecule has 0 fully saturated rings. The van der Waals surface area contributed by atoms with Crippen LogP contribution in [0.5, 0.6) is 5.75 Å². The third kappa shape index (κ3) is 3.56. The summed E-state index contributed by atoms with van der Waals surface area (Å²) in [6.45, 7) is 1.76. The molecule has 0 bridgehead atoms. The van der Waals surface area contributed by atoms with Gasteiger partial charge in [-0.1, -0.05) is 30.0 Å². The van der Waals surface area contributed by atoms with Crippen molar-refractivity contribution in [3.63, 3.8) is 0 Å². The number of aryl methyl sites for hydroxylation is 2. The summed E-state index contributed by atoms with van der Waals surface area (Å²) in [6, 6.07) is 11.2. The molecule has 0 aliphatic heterocycles. The molecule has 0 saturated carbocycles. The minimum absolute atomic E-state index is 0.0649. The summed E-state index contributed by atoms with van der Waals surface area (Å²) in [5, 5.41) is 15.6. The Morgan fingerprint density at radius 2 is 1.79 bits per heavy atom. The van der Waals surface area contributed by atoms with Crippen molar-refractivity contribution in [1.29, 1.82) is 0 Å². The van der Waals surface area contributed by atoms with Crippen LogP contribution in [-0.4, -0.2) is 19.5 Å². The normalized spacial score (nSPS) is 11.5. The first-order valence-corrected chi connectivity index (χ1v) is 11.0. The van der Waals surface area contributed by atoms with Gasteiger partial charge in [0.1, 0.15) is 27.6 Å². The van der Waals surface area contributed by atoms with E-state index in [1.54, 1.807) is 32.2 Å². The van der Waals surface area contributed by atoms with Gasteiger partial charge in [0.2, 0.25) is 0 Å². The van der Waals surface area contributed by atoms with Gasteiger partial charge in [-0.05, 0) is 42.8 Å². The summed E-state index contributed by atoms with van der Waals surface area (Å²) >= 11 is 0.798. The van der Waals surface area contributed by atoms with Crippen LogP contribution in [-0.2, 0) is 13.6 Å². The lowest BCUT2D eigenvalue weighted by atomic mass is 10.1. The van der Waals surface area contributed by atoms with Gasteiger partial charge in [0.05, 0.1) is 17.6 Å². The van der Waals surface area contributed by atoms with Crippen LogP contribution in [0.2, 0.25) is 0 Å². The van der Waals surface area contributed by atoms with Crippen LogP contribution in [0, 0.1) is 18.6 Å². The summed E-state index contributed by atoms with van der Waals surface area (Å²) in [6.07, 6.45) is 0. The van der Waals surface area contributed by atoms with E-state index in [4.69, 9.17) is 4.42 Å². The molecule has 5 aromatic rings. The maximum Gasteiger partial charge on any atom is 0.354 e. The maximum absolute atomic E-state index is 13.6. The zero-order chi connectivity index (χ0) is 24.1. The van der Waals surface area contributed by atoms with Crippen molar-refractivity contribution < 1.29 is 18.3 Å². The van der Waals surface area contributed by atoms with Crippen molar-refractivity contribution in [2.24, 2.45) is 7.05 Å². The highest BCUT2D eigenvalue weighted by Crippen LogP contribution is 2.37. The summed E-state index contributed by atoms with van der Waals surface area (Å²) in [5.41, 5.74) is -0.0335. The molecule has 34 heavy (non-hydrogen) atoms. The molecule has 0 aliphatic rings. The minimum atomic E-state index is -0.862. The van der Waals surface area contributed by atoms with E-state index in [9.17, 15) is 23.5 Å². The maximum atomic E-state index is 13.6. The predicted octanol–water partition coefficient (Wildman–Crippen LogP) is 4.33.